The number of benzene rings is 1. The summed E-state index contributed by atoms with van der Waals surface area (Å²) in [6, 6.07) is 5.72. The van der Waals surface area contributed by atoms with E-state index in [1.165, 1.54) is 7.11 Å². The highest BCUT2D eigenvalue weighted by Crippen LogP contribution is 2.36. The third-order valence-electron chi connectivity index (χ3n) is 5.60. The van der Waals surface area contributed by atoms with Crippen LogP contribution in [0.5, 0.6) is 5.75 Å². The summed E-state index contributed by atoms with van der Waals surface area (Å²) in [6.07, 6.45) is 4.31. The number of piperidine rings is 1. The molecule has 2 aliphatic rings. The van der Waals surface area contributed by atoms with Crippen molar-refractivity contribution in [2.45, 2.75) is 50.7 Å². The molecular weight excluding hydrogens is 348 g/mol. The van der Waals surface area contributed by atoms with E-state index < -0.39 is 12.1 Å². The Kier molecular flexibility index (Phi) is 6.21. The van der Waals surface area contributed by atoms with E-state index in [0.29, 0.717) is 18.7 Å². The van der Waals surface area contributed by atoms with Crippen molar-refractivity contribution >= 4 is 23.3 Å². The van der Waals surface area contributed by atoms with Crippen molar-refractivity contribution in [1.29, 1.82) is 0 Å². The fourth-order valence-electron chi connectivity index (χ4n) is 4.25. The molecule has 2 N–H and O–H groups in total. The van der Waals surface area contributed by atoms with Crippen LogP contribution < -0.4 is 15.0 Å². The second kappa shape index (κ2) is 8.61. The fourth-order valence-corrected chi connectivity index (χ4v) is 4.25. The third-order valence-corrected chi connectivity index (χ3v) is 5.60. The zero-order valence-electron chi connectivity index (χ0n) is 15.9. The highest BCUT2D eigenvalue weighted by atomic mass is 16.5. The number of carboxylic acid groups (broad SMARTS) is 1. The Balaban J connectivity index is 1.81. The maximum absolute atomic E-state index is 12.3. The van der Waals surface area contributed by atoms with Crippen LogP contribution in [0.1, 0.15) is 38.5 Å². The first-order valence-electron chi connectivity index (χ1n) is 9.55. The molecule has 1 aliphatic heterocycles. The van der Waals surface area contributed by atoms with Gasteiger partial charge in [0.25, 0.3) is 0 Å². The highest BCUT2D eigenvalue weighted by Gasteiger charge is 2.38. The van der Waals surface area contributed by atoms with Gasteiger partial charge in [-0.2, -0.15) is 0 Å². The summed E-state index contributed by atoms with van der Waals surface area (Å²) in [4.78, 5) is 25.6. The summed E-state index contributed by atoms with van der Waals surface area (Å²) in [7, 11) is 3.05. The number of anilines is 2. The van der Waals surface area contributed by atoms with Gasteiger partial charge in [0.15, 0.2) is 6.10 Å². The van der Waals surface area contributed by atoms with E-state index in [1.54, 1.807) is 12.0 Å². The second-order valence-electron chi connectivity index (χ2n) is 7.23. The molecule has 1 saturated heterocycles. The molecule has 2 fully saturated rings. The van der Waals surface area contributed by atoms with Crippen LogP contribution in [0.3, 0.4) is 0 Å². The molecule has 3 atom stereocenters. The lowest BCUT2D eigenvalue weighted by Crippen LogP contribution is -2.39. The van der Waals surface area contributed by atoms with Crippen LogP contribution in [0.2, 0.25) is 0 Å². The number of hydrogen-bond donors (Lipinski definition) is 2. The Hall–Kier alpha value is -2.28. The molecule has 0 bridgehead atoms. The molecule has 1 aromatic carbocycles. The van der Waals surface area contributed by atoms with Gasteiger partial charge in [0.05, 0.1) is 12.8 Å². The number of amides is 1. The van der Waals surface area contributed by atoms with Gasteiger partial charge in [-0.25, -0.2) is 4.79 Å². The molecule has 1 saturated carbocycles. The van der Waals surface area contributed by atoms with Gasteiger partial charge in [0.1, 0.15) is 5.75 Å². The molecule has 0 aromatic heterocycles. The molecule has 7 heteroatoms. The summed E-state index contributed by atoms with van der Waals surface area (Å²) in [5.74, 6) is -0.236. The first kappa shape index (κ1) is 19.5. The lowest BCUT2D eigenvalue weighted by atomic mass is 9.96. The lowest BCUT2D eigenvalue weighted by molar-refractivity contribution is -0.152. The van der Waals surface area contributed by atoms with Crippen LogP contribution in [0, 0.1) is 5.92 Å². The summed E-state index contributed by atoms with van der Waals surface area (Å²) in [6.45, 7) is 0.690. The monoisotopic (exact) mass is 376 g/mol. The van der Waals surface area contributed by atoms with Crippen LogP contribution in [-0.2, 0) is 14.3 Å². The summed E-state index contributed by atoms with van der Waals surface area (Å²) in [5, 5.41) is 12.9. The fraction of sp³-hybridized carbons (Fsp3) is 0.600. The van der Waals surface area contributed by atoms with Crippen molar-refractivity contribution in [2.24, 2.45) is 5.92 Å². The van der Waals surface area contributed by atoms with Crippen molar-refractivity contribution in [3.63, 3.8) is 0 Å². The average Bonchev–Trinajstić information content (AvgIpc) is 3.10. The van der Waals surface area contributed by atoms with Crippen molar-refractivity contribution < 1.29 is 24.2 Å². The van der Waals surface area contributed by atoms with E-state index in [9.17, 15) is 14.7 Å². The zero-order valence-corrected chi connectivity index (χ0v) is 15.9. The number of methoxy groups -OCH3 is 2. The first-order chi connectivity index (χ1) is 13.0. The normalized spacial score (nSPS) is 23.9. The van der Waals surface area contributed by atoms with Gasteiger partial charge in [-0.05, 0) is 43.9 Å². The number of carbonyl (C=O) groups is 2. The van der Waals surface area contributed by atoms with Crippen molar-refractivity contribution in [3.8, 4) is 5.75 Å². The highest BCUT2D eigenvalue weighted by molar-refractivity contribution is 5.96. The minimum Gasteiger partial charge on any atom is -0.495 e. The summed E-state index contributed by atoms with van der Waals surface area (Å²) < 4.78 is 10.7. The van der Waals surface area contributed by atoms with Crippen LogP contribution in [0.4, 0.5) is 11.4 Å². The average molecular weight is 376 g/mol. The van der Waals surface area contributed by atoms with Crippen molar-refractivity contribution in [2.75, 3.05) is 31.0 Å². The first-order valence-corrected chi connectivity index (χ1v) is 9.55. The van der Waals surface area contributed by atoms with Crippen LogP contribution in [0.15, 0.2) is 18.2 Å². The predicted molar refractivity (Wildman–Crippen MR) is 102 cm³/mol. The Bertz CT molecular complexity index is 693. The number of carboxylic acids is 1. The quantitative estimate of drug-likeness (QED) is 0.761. The maximum atomic E-state index is 12.3. The smallest absolute Gasteiger partial charge is 0.333 e. The molecule has 1 aromatic rings. The molecular formula is C20H28N2O5. The Morgan fingerprint density at radius 3 is 2.74 bits per heavy atom. The standard InChI is InChI=1S/C20H28N2O5/c1-26-17-10-9-13(12-16(17)22-11-4-3-8-18(22)23)21-15-7-5-6-14(15)19(27-2)20(24)25/h9-10,12,14-15,19,21H,3-8,11H2,1-2H3,(H,24,25). The molecule has 3 rings (SSSR count). The van der Waals surface area contributed by atoms with Gasteiger partial charge in [-0.15, -0.1) is 0 Å². The minimum atomic E-state index is -0.925. The molecule has 1 heterocycles. The maximum Gasteiger partial charge on any atom is 0.333 e. The summed E-state index contributed by atoms with van der Waals surface area (Å²) >= 11 is 0. The van der Waals surface area contributed by atoms with E-state index in [4.69, 9.17) is 9.47 Å². The predicted octanol–water partition coefficient (Wildman–Crippen LogP) is 2.89. The number of hydrogen-bond acceptors (Lipinski definition) is 5. The number of aliphatic carboxylic acids is 1. The van der Waals surface area contributed by atoms with E-state index in [0.717, 1.165) is 43.5 Å². The third kappa shape index (κ3) is 4.18. The van der Waals surface area contributed by atoms with Gasteiger partial charge >= 0.3 is 5.97 Å². The van der Waals surface area contributed by atoms with Gasteiger partial charge in [0.2, 0.25) is 5.91 Å². The Morgan fingerprint density at radius 2 is 2.07 bits per heavy atom. The molecule has 0 spiro atoms. The molecule has 0 radical (unpaired) electrons. The van der Waals surface area contributed by atoms with Crippen LogP contribution in [-0.4, -0.2) is 49.9 Å². The Morgan fingerprint density at radius 1 is 1.26 bits per heavy atom. The molecule has 148 valence electrons. The SMILES string of the molecule is COc1ccc(NC2CCCC2C(OC)C(=O)O)cc1N1CCCCC1=O. The molecule has 1 amide bonds. The number of ether oxygens (including phenoxy) is 2. The minimum absolute atomic E-state index is 0.0179. The van der Waals surface area contributed by atoms with Gasteiger partial charge in [-0.1, -0.05) is 6.42 Å². The van der Waals surface area contributed by atoms with E-state index in [2.05, 4.69) is 5.32 Å². The van der Waals surface area contributed by atoms with E-state index in [-0.39, 0.29) is 17.9 Å². The van der Waals surface area contributed by atoms with Gasteiger partial charge in [-0.3, -0.25) is 4.79 Å². The Labute approximate surface area is 159 Å². The van der Waals surface area contributed by atoms with Crippen molar-refractivity contribution in [1.82, 2.24) is 0 Å². The number of rotatable bonds is 7. The van der Waals surface area contributed by atoms with Crippen LogP contribution >= 0.6 is 0 Å². The second-order valence-corrected chi connectivity index (χ2v) is 7.23. The molecule has 27 heavy (non-hydrogen) atoms. The lowest BCUT2D eigenvalue weighted by Gasteiger charge is -2.30. The van der Waals surface area contributed by atoms with Gasteiger partial charge < -0.3 is 24.8 Å². The van der Waals surface area contributed by atoms with E-state index >= 15 is 0 Å². The number of nitrogens with one attached hydrogen (secondary N) is 1. The summed E-state index contributed by atoms with van der Waals surface area (Å²) in [5.41, 5.74) is 1.63. The van der Waals surface area contributed by atoms with E-state index in [1.807, 2.05) is 18.2 Å². The molecule has 3 unspecified atom stereocenters. The largest absolute Gasteiger partial charge is 0.495 e. The van der Waals surface area contributed by atoms with Gasteiger partial charge in [0, 0.05) is 37.7 Å². The molecule has 1 aliphatic carbocycles. The molecule has 7 nitrogen and oxygen atoms in total. The van der Waals surface area contributed by atoms with Crippen LogP contribution in [0.25, 0.3) is 0 Å². The van der Waals surface area contributed by atoms with Crippen molar-refractivity contribution in [3.05, 3.63) is 18.2 Å². The topological polar surface area (TPSA) is 88.1 Å². The number of nitrogens with zero attached hydrogens (tertiary/aromatic N) is 1. The number of carbonyl (C=O) groups excluding carboxylic acids is 1. The zero-order chi connectivity index (χ0) is 19.4.